The van der Waals surface area contributed by atoms with Gasteiger partial charge in [0.2, 0.25) is 0 Å². The fraction of sp³-hybridized carbons (Fsp3) is 0.421. The van der Waals surface area contributed by atoms with Crippen LogP contribution < -0.4 is 4.74 Å². The van der Waals surface area contributed by atoms with Gasteiger partial charge in [-0.1, -0.05) is 35.9 Å². The van der Waals surface area contributed by atoms with Gasteiger partial charge in [0.05, 0.1) is 0 Å². The standard InChI is InChI=1S/C19H21ClN2O/c20-17-12-21-8-7-18(17)23-19-15(13-22-9-3-4-10-22)11-14-5-1-2-6-16(14)19/h1-2,5-8,12,15,19H,3-4,9-11,13H2/t15-,19-/m1/s1. The lowest BCUT2D eigenvalue weighted by molar-refractivity contribution is 0.121. The molecule has 1 aliphatic heterocycles. The molecule has 23 heavy (non-hydrogen) atoms. The van der Waals surface area contributed by atoms with Crippen LogP contribution in [0.2, 0.25) is 5.02 Å². The fourth-order valence-corrected chi connectivity index (χ4v) is 4.02. The van der Waals surface area contributed by atoms with Gasteiger partial charge in [0, 0.05) is 30.9 Å². The van der Waals surface area contributed by atoms with E-state index < -0.39 is 0 Å². The Kier molecular flexibility index (Phi) is 4.23. The summed E-state index contributed by atoms with van der Waals surface area (Å²) in [7, 11) is 0. The number of aromatic nitrogens is 1. The minimum atomic E-state index is 0.0756. The quantitative estimate of drug-likeness (QED) is 0.844. The maximum atomic E-state index is 6.36. The zero-order valence-electron chi connectivity index (χ0n) is 13.1. The number of hydrogen-bond donors (Lipinski definition) is 0. The number of hydrogen-bond acceptors (Lipinski definition) is 3. The van der Waals surface area contributed by atoms with E-state index in [1.807, 2.05) is 6.07 Å². The summed E-state index contributed by atoms with van der Waals surface area (Å²) in [5.41, 5.74) is 2.72. The summed E-state index contributed by atoms with van der Waals surface area (Å²) in [4.78, 5) is 6.62. The number of nitrogens with zero attached hydrogens (tertiary/aromatic N) is 2. The lowest BCUT2D eigenvalue weighted by Gasteiger charge is -2.26. The van der Waals surface area contributed by atoms with Crippen LogP contribution in [0.15, 0.2) is 42.7 Å². The summed E-state index contributed by atoms with van der Waals surface area (Å²) < 4.78 is 6.36. The number of pyridine rings is 1. The molecular formula is C19H21ClN2O. The number of benzene rings is 1. The molecule has 0 radical (unpaired) electrons. The van der Waals surface area contributed by atoms with Crippen molar-refractivity contribution in [2.24, 2.45) is 5.92 Å². The second-order valence-electron chi connectivity index (χ2n) is 6.52. The molecular weight excluding hydrogens is 308 g/mol. The molecule has 2 atom stereocenters. The molecule has 2 aromatic rings. The van der Waals surface area contributed by atoms with Gasteiger partial charge in [0.25, 0.3) is 0 Å². The van der Waals surface area contributed by atoms with Crippen LogP contribution in [-0.2, 0) is 6.42 Å². The SMILES string of the molecule is Clc1cnccc1O[C@H]1c2ccccc2C[C@@H]1CN1CCCC1. The largest absolute Gasteiger partial charge is 0.484 e. The monoisotopic (exact) mass is 328 g/mol. The van der Waals surface area contributed by atoms with Gasteiger partial charge in [-0.25, -0.2) is 0 Å². The highest BCUT2D eigenvalue weighted by molar-refractivity contribution is 6.31. The van der Waals surface area contributed by atoms with E-state index in [0.717, 1.165) is 18.7 Å². The number of ether oxygens (including phenoxy) is 1. The van der Waals surface area contributed by atoms with E-state index >= 15 is 0 Å². The van der Waals surface area contributed by atoms with Crippen molar-refractivity contribution in [1.29, 1.82) is 0 Å². The minimum absolute atomic E-state index is 0.0756. The molecule has 1 aromatic carbocycles. The third-order valence-electron chi connectivity index (χ3n) is 4.95. The molecule has 3 nitrogen and oxygen atoms in total. The van der Waals surface area contributed by atoms with E-state index in [-0.39, 0.29) is 6.10 Å². The first-order chi connectivity index (χ1) is 11.3. The molecule has 4 heteroatoms. The van der Waals surface area contributed by atoms with Crippen LogP contribution in [0, 0.1) is 5.92 Å². The maximum absolute atomic E-state index is 6.36. The molecule has 2 heterocycles. The molecule has 1 fully saturated rings. The van der Waals surface area contributed by atoms with Gasteiger partial charge in [0.15, 0.2) is 0 Å². The topological polar surface area (TPSA) is 25.4 Å². The second-order valence-corrected chi connectivity index (χ2v) is 6.92. The second kappa shape index (κ2) is 6.50. The highest BCUT2D eigenvalue weighted by Gasteiger charge is 2.35. The van der Waals surface area contributed by atoms with Crippen molar-refractivity contribution >= 4 is 11.6 Å². The Hall–Kier alpha value is -1.58. The zero-order valence-corrected chi connectivity index (χ0v) is 13.9. The Morgan fingerprint density at radius 2 is 2.00 bits per heavy atom. The first-order valence-electron chi connectivity index (χ1n) is 8.37. The zero-order chi connectivity index (χ0) is 15.6. The maximum Gasteiger partial charge on any atom is 0.141 e. The summed E-state index contributed by atoms with van der Waals surface area (Å²) >= 11 is 6.25. The third kappa shape index (κ3) is 3.08. The van der Waals surface area contributed by atoms with E-state index in [4.69, 9.17) is 16.3 Å². The molecule has 1 saturated heterocycles. The Balaban J connectivity index is 1.60. The highest BCUT2D eigenvalue weighted by Crippen LogP contribution is 2.41. The molecule has 0 unspecified atom stereocenters. The van der Waals surface area contributed by atoms with E-state index in [1.165, 1.54) is 37.1 Å². The van der Waals surface area contributed by atoms with Crippen molar-refractivity contribution in [3.8, 4) is 5.75 Å². The number of likely N-dealkylation sites (tertiary alicyclic amines) is 1. The molecule has 0 bridgehead atoms. The molecule has 0 saturated carbocycles. The van der Waals surface area contributed by atoms with Gasteiger partial charge in [0.1, 0.15) is 16.9 Å². The van der Waals surface area contributed by atoms with Crippen molar-refractivity contribution in [2.75, 3.05) is 19.6 Å². The van der Waals surface area contributed by atoms with E-state index in [9.17, 15) is 0 Å². The molecule has 4 rings (SSSR count). The predicted octanol–water partition coefficient (Wildman–Crippen LogP) is 4.12. The van der Waals surface area contributed by atoms with E-state index in [0.29, 0.717) is 10.9 Å². The fourth-order valence-electron chi connectivity index (χ4n) is 3.85. The van der Waals surface area contributed by atoms with Crippen LogP contribution in [0.5, 0.6) is 5.75 Å². The molecule has 1 aromatic heterocycles. The highest BCUT2D eigenvalue weighted by atomic mass is 35.5. The third-order valence-corrected chi connectivity index (χ3v) is 5.24. The molecule has 2 aliphatic rings. The Morgan fingerprint density at radius 1 is 1.17 bits per heavy atom. The lowest BCUT2D eigenvalue weighted by atomic mass is 10.0. The summed E-state index contributed by atoms with van der Waals surface area (Å²) in [6.45, 7) is 3.53. The van der Waals surface area contributed by atoms with Crippen LogP contribution in [0.1, 0.15) is 30.1 Å². The molecule has 1 aliphatic carbocycles. The van der Waals surface area contributed by atoms with Crippen LogP contribution in [-0.4, -0.2) is 29.5 Å². The van der Waals surface area contributed by atoms with Crippen molar-refractivity contribution in [2.45, 2.75) is 25.4 Å². The van der Waals surface area contributed by atoms with Crippen LogP contribution >= 0.6 is 11.6 Å². The predicted molar refractivity (Wildman–Crippen MR) is 91.9 cm³/mol. The van der Waals surface area contributed by atoms with Gasteiger partial charge >= 0.3 is 0 Å². The van der Waals surface area contributed by atoms with Gasteiger partial charge in [-0.05, 0) is 43.5 Å². The molecule has 0 N–H and O–H groups in total. The normalized spacial score (nSPS) is 23.9. The van der Waals surface area contributed by atoms with Gasteiger partial charge in [-0.3, -0.25) is 4.98 Å². The van der Waals surface area contributed by atoms with Gasteiger partial charge < -0.3 is 9.64 Å². The van der Waals surface area contributed by atoms with E-state index in [2.05, 4.69) is 34.1 Å². The molecule has 0 spiro atoms. The summed E-state index contributed by atoms with van der Waals surface area (Å²) in [6, 6.07) is 10.5. The molecule has 0 amide bonds. The van der Waals surface area contributed by atoms with Crippen LogP contribution in [0.3, 0.4) is 0 Å². The Bertz CT molecular complexity index is 685. The van der Waals surface area contributed by atoms with Crippen molar-refractivity contribution in [3.05, 3.63) is 58.9 Å². The first kappa shape index (κ1) is 15.0. The van der Waals surface area contributed by atoms with Gasteiger partial charge in [-0.2, -0.15) is 0 Å². The number of fused-ring (bicyclic) bond motifs is 1. The van der Waals surface area contributed by atoms with Gasteiger partial charge in [-0.15, -0.1) is 0 Å². The van der Waals surface area contributed by atoms with Crippen molar-refractivity contribution in [1.82, 2.24) is 9.88 Å². The van der Waals surface area contributed by atoms with Crippen molar-refractivity contribution < 1.29 is 4.74 Å². The van der Waals surface area contributed by atoms with Crippen LogP contribution in [0.4, 0.5) is 0 Å². The first-order valence-corrected chi connectivity index (χ1v) is 8.75. The smallest absolute Gasteiger partial charge is 0.141 e. The number of halogens is 1. The van der Waals surface area contributed by atoms with Crippen molar-refractivity contribution in [3.63, 3.8) is 0 Å². The van der Waals surface area contributed by atoms with Crippen LogP contribution in [0.25, 0.3) is 0 Å². The minimum Gasteiger partial charge on any atom is -0.484 e. The Labute approximate surface area is 142 Å². The summed E-state index contributed by atoms with van der Waals surface area (Å²) in [5, 5.41) is 0.580. The average molecular weight is 329 g/mol. The summed E-state index contributed by atoms with van der Waals surface area (Å²) in [6.07, 6.45) is 7.18. The number of rotatable bonds is 4. The summed E-state index contributed by atoms with van der Waals surface area (Å²) in [5.74, 6) is 1.21. The average Bonchev–Trinajstić information content (AvgIpc) is 3.19. The van der Waals surface area contributed by atoms with E-state index in [1.54, 1.807) is 12.4 Å². The Morgan fingerprint density at radius 3 is 2.83 bits per heavy atom. The molecule has 120 valence electrons. The lowest BCUT2D eigenvalue weighted by Crippen LogP contribution is -2.30.